The van der Waals surface area contributed by atoms with Crippen LogP contribution < -0.4 is 5.32 Å². The minimum atomic E-state index is -0.176. The molecule has 1 radical (unpaired) electrons. The average molecular weight is 158 g/mol. The zero-order chi connectivity index (χ0) is 8.69. The molecular weight excluding hydrogens is 142 g/mol. The number of hydrogen-bond acceptors (Lipinski definition) is 2. The fraction of sp³-hybridized carbons (Fsp3) is 0.750. The van der Waals surface area contributed by atoms with E-state index in [1.165, 1.54) is 0 Å². The molecule has 1 N–H and O–H groups in total. The Morgan fingerprint density at radius 3 is 2.64 bits per heavy atom. The van der Waals surface area contributed by atoms with Gasteiger partial charge in [0.25, 0.3) is 0 Å². The molecule has 3 heteroatoms. The zero-order valence-electron chi connectivity index (χ0n) is 7.17. The maximum absolute atomic E-state index is 10.1. The third-order valence-electron chi connectivity index (χ3n) is 1.16. The maximum Gasteiger partial charge on any atom is 0.209 e. The number of ether oxygens (including phenoxy) is 1. The van der Waals surface area contributed by atoms with Crippen molar-refractivity contribution in [2.24, 2.45) is 0 Å². The van der Waals surface area contributed by atoms with E-state index in [1.807, 2.05) is 13.8 Å². The van der Waals surface area contributed by atoms with Crippen LogP contribution in [-0.2, 0) is 9.53 Å². The van der Waals surface area contributed by atoms with Crippen LogP contribution in [0.3, 0.4) is 0 Å². The van der Waals surface area contributed by atoms with Gasteiger partial charge in [-0.05, 0) is 26.7 Å². The van der Waals surface area contributed by atoms with Crippen LogP contribution in [0.2, 0.25) is 0 Å². The van der Waals surface area contributed by atoms with E-state index in [9.17, 15) is 4.79 Å². The van der Waals surface area contributed by atoms with Crippen molar-refractivity contribution in [2.45, 2.75) is 39.0 Å². The molecule has 11 heavy (non-hydrogen) atoms. The molecule has 0 aromatic heterocycles. The van der Waals surface area contributed by atoms with Crippen LogP contribution in [0.15, 0.2) is 0 Å². The zero-order valence-corrected chi connectivity index (χ0v) is 7.17. The number of carbonyl (C=O) groups excluding carboxylic acids is 1. The van der Waals surface area contributed by atoms with Crippen molar-refractivity contribution in [2.75, 3.05) is 0 Å². The van der Waals surface area contributed by atoms with E-state index in [2.05, 4.69) is 12.2 Å². The molecule has 65 valence electrons. The van der Waals surface area contributed by atoms with Gasteiger partial charge in [-0.2, -0.15) is 0 Å². The number of nitrogens with one attached hydrogen (secondary N) is 1. The summed E-state index contributed by atoms with van der Waals surface area (Å²) in [6.45, 7) is 7.55. The Hall–Kier alpha value is -0.570. The summed E-state index contributed by atoms with van der Waals surface area (Å²) in [5.41, 5.74) is 0. The van der Waals surface area contributed by atoms with E-state index in [0.29, 0.717) is 6.41 Å². The molecule has 0 aliphatic rings. The number of rotatable bonds is 6. The summed E-state index contributed by atoms with van der Waals surface area (Å²) < 4.78 is 5.35. The van der Waals surface area contributed by atoms with Crippen LogP contribution in [0.5, 0.6) is 0 Å². The SMILES string of the molecule is [CH2]CCC(NC=O)OC(C)C. The molecule has 0 bridgehead atoms. The second-order valence-corrected chi connectivity index (χ2v) is 2.60. The molecule has 1 unspecified atom stereocenters. The van der Waals surface area contributed by atoms with Gasteiger partial charge in [0.05, 0.1) is 6.10 Å². The molecule has 0 rings (SSSR count). The van der Waals surface area contributed by atoms with Gasteiger partial charge in [-0.3, -0.25) is 4.79 Å². The average Bonchev–Trinajstić information content (AvgIpc) is 1.87. The van der Waals surface area contributed by atoms with Crippen molar-refractivity contribution in [3.05, 3.63) is 6.92 Å². The van der Waals surface area contributed by atoms with Crippen LogP contribution in [0.25, 0.3) is 0 Å². The van der Waals surface area contributed by atoms with Crippen molar-refractivity contribution >= 4 is 6.41 Å². The molecule has 3 nitrogen and oxygen atoms in total. The second kappa shape index (κ2) is 6.16. The Morgan fingerprint density at radius 2 is 2.27 bits per heavy atom. The summed E-state index contributed by atoms with van der Waals surface area (Å²) in [6.07, 6.45) is 2.14. The summed E-state index contributed by atoms with van der Waals surface area (Å²) >= 11 is 0. The fourth-order valence-electron chi connectivity index (χ4n) is 0.780. The van der Waals surface area contributed by atoms with Crippen molar-refractivity contribution in [3.8, 4) is 0 Å². The predicted octanol–water partition coefficient (Wildman–Crippen LogP) is 1.10. The van der Waals surface area contributed by atoms with Gasteiger partial charge < -0.3 is 10.1 Å². The van der Waals surface area contributed by atoms with Crippen molar-refractivity contribution in [1.29, 1.82) is 0 Å². The molecule has 1 atom stereocenters. The Bertz CT molecular complexity index is 104. The van der Waals surface area contributed by atoms with E-state index < -0.39 is 0 Å². The van der Waals surface area contributed by atoms with Gasteiger partial charge in [0.1, 0.15) is 6.23 Å². The molecule has 0 saturated heterocycles. The smallest absolute Gasteiger partial charge is 0.209 e. The van der Waals surface area contributed by atoms with Gasteiger partial charge in [-0.1, -0.05) is 6.92 Å². The fourth-order valence-corrected chi connectivity index (χ4v) is 0.780. The van der Waals surface area contributed by atoms with Crippen molar-refractivity contribution in [1.82, 2.24) is 5.32 Å². The summed E-state index contributed by atoms with van der Waals surface area (Å²) in [4.78, 5) is 10.1. The monoisotopic (exact) mass is 158 g/mol. The summed E-state index contributed by atoms with van der Waals surface area (Å²) in [5.74, 6) is 0. The highest BCUT2D eigenvalue weighted by Gasteiger charge is 2.07. The van der Waals surface area contributed by atoms with Crippen molar-refractivity contribution in [3.63, 3.8) is 0 Å². The molecule has 0 fully saturated rings. The molecule has 0 aromatic carbocycles. The van der Waals surface area contributed by atoms with Crippen LogP contribution in [-0.4, -0.2) is 18.7 Å². The molecule has 1 amide bonds. The lowest BCUT2D eigenvalue weighted by Gasteiger charge is -2.18. The maximum atomic E-state index is 10.1. The molecule has 0 saturated carbocycles. The summed E-state index contributed by atoms with van der Waals surface area (Å²) in [6, 6.07) is 0. The van der Waals surface area contributed by atoms with E-state index in [0.717, 1.165) is 12.8 Å². The molecular formula is C8H16NO2. The minimum Gasteiger partial charge on any atom is -0.356 e. The first-order valence-corrected chi connectivity index (χ1v) is 3.85. The molecule has 0 heterocycles. The van der Waals surface area contributed by atoms with Gasteiger partial charge in [-0.25, -0.2) is 0 Å². The van der Waals surface area contributed by atoms with Gasteiger partial charge in [-0.15, -0.1) is 0 Å². The first kappa shape index (κ1) is 10.4. The van der Waals surface area contributed by atoms with E-state index in [1.54, 1.807) is 0 Å². The predicted molar refractivity (Wildman–Crippen MR) is 43.8 cm³/mol. The van der Waals surface area contributed by atoms with Crippen LogP contribution in [0.4, 0.5) is 0 Å². The third-order valence-corrected chi connectivity index (χ3v) is 1.16. The van der Waals surface area contributed by atoms with Gasteiger partial charge >= 0.3 is 0 Å². The molecule has 0 aliphatic heterocycles. The standard InChI is InChI=1S/C8H16NO2/c1-4-5-8(9-6-10)11-7(2)3/h6-8H,1,4-5H2,2-3H3,(H,9,10). The molecule has 0 aromatic rings. The van der Waals surface area contributed by atoms with Gasteiger partial charge in [0.2, 0.25) is 6.41 Å². The van der Waals surface area contributed by atoms with Gasteiger partial charge in [0, 0.05) is 0 Å². The lowest BCUT2D eigenvalue weighted by atomic mass is 10.3. The number of carbonyl (C=O) groups is 1. The van der Waals surface area contributed by atoms with Gasteiger partial charge in [0.15, 0.2) is 0 Å². The van der Waals surface area contributed by atoms with E-state index >= 15 is 0 Å². The highest BCUT2D eigenvalue weighted by Crippen LogP contribution is 2.00. The van der Waals surface area contributed by atoms with Crippen LogP contribution >= 0.6 is 0 Å². The Morgan fingerprint density at radius 1 is 1.64 bits per heavy atom. The highest BCUT2D eigenvalue weighted by atomic mass is 16.5. The lowest BCUT2D eigenvalue weighted by molar-refractivity contribution is -0.115. The minimum absolute atomic E-state index is 0.138. The highest BCUT2D eigenvalue weighted by molar-refractivity contribution is 5.46. The van der Waals surface area contributed by atoms with E-state index in [4.69, 9.17) is 4.74 Å². The first-order valence-electron chi connectivity index (χ1n) is 3.85. The van der Waals surface area contributed by atoms with Crippen molar-refractivity contribution < 1.29 is 9.53 Å². The quantitative estimate of drug-likeness (QED) is 0.464. The Labute approximate surface area is 68.1 Å². The van der Waals surface area contributed by atoms with Crippen LogP contribution in [0.1, 0.15) is 26.7 Å². The van der Waals surface area contributed by atoms with E-state index in [-0.39, 0.29) is 12.3 Å². The first-order chi connectivity index (χ1) is 5.20. The number of amides is 1. The lowest BCUT2D eigenvalue weighted by Crippen LogP contribution is -2.32. The third kappa shape index (κ3) is 5.85. The van der Waals surface area contributed by atoms with Crippen LogP contribution in [0, 0.1) is 6.92 Å². The Kier molecular flexibility index (Phi) is 5.84. The normalized spacial score (nSPS) is 13.1. The molecule has 0 spiro atoms. The Balaban J connectivity index is 3.58. The largest absolute Gasteiger partial charge is 0.356 e. The summed E-state index contributed by atoms with van der Waals surface area (Å²) in [5, 5.41) is 2.57. The number of hydrogen-bond donors (Lipinski definition) is 1. The second-order valence-electron chi connectivity index (χ2n) is 2.60. The molecule has 0 aliphatic carbocycles. The topological polar surface area (TPSA) is 38.3 Å². The summed E-state index contributed by atoms with van der Waals surface area (Å²) in [7, 11) is 0.